The van der Waals surface area contributed by atoms with E-state index in [9.17, 15) is 4.39 Å². The van der Waals surface area contributed by atoms with Gasteiger partial charge < -0.3 is 14.2 Å². The van der Waals surface area contributed by atoms with Crippen molar-refractivity contribution in [2.75, 3.05) is 31.2 Å². The van der Waals surface area contributed by atoms with Crippen LogP contribution in [0.3, 0.4) is 0 Å². The molecule has 0 amide bonds. The highest BCUT2D eigenvalue weighted by molar-refractivity contribution is 5.79. The predicted octanol–water partition coefficient (Wildman–Crippen LogP) is 3.52. The van der Waals surface area contributed by atoms with Gasteiger partial charge in [-0.15, -0.1) is 0 Å². The zero-order valence-electron chi connectivity index (χ0n) is 14.4. The lowest BCUT2D eigenvalue weighted by atomic mass is 10.1. The number of halogens is 1. The van der Waals surface area contributed by atoms with Gasteiger partial charge in [-0.2, -0.15) is 5.10 Å². The molecule has 2 aromatic heterocycles. The van der Waals surface area contributed by atoms with Crippen LogP contribution in [0, 0.1) is 12.7 Å². The molecule has 4 rings (SSSR count). The summed E-state index contributed by atoms with van der Waals surface area (Å²) in [4.78, 5) is 2.19. The maximum atomic E-state index is 13.2. The van der Waals surface area contributed by atoms with Gasteiger partial charge in [0.2, 0.25) is 0 Å². The van der Waals surface area contributed by atoms with Crippen LogP contribution in [0.15, 0.2) is 34.9 Å². The fraction of sp³-hybridized carbons (Fsp3) is 0.263. The normalized spacial score (nSPS) is 15.1. The minimum absolute atomic E-state index is 0.279. The Morgan fingerprint density at radius 1 is 1.15 bits per heavy atom. The van der Waals surface area contributed by atoms with Gasteiger partial charge in [0.15, 0.2) is 5.82 Å². The number of hydrogen-bond donors (Lipinski definition) is 1. The number of aryl methyl sites for hydroxylation is 1. The van der Waals surface area contributed by atoms with E-state index in [2.05, 4.69) is 20.3 Å². The molecule has 1 aromatic carbocycles. The SMILES string of the molecule is Cc1onc(-c2ccc(F)cc2)c1/C=C/c1cc(N2CCOCC2)n[nH]1. The van der Waals surface area contributed by atoms with E-state index in [0.717, 1.165) is 48.9 Å². The van der Waals surface area contributed by atoms with Gasteiger partial charge in [0.05, 0.1) is 18.9 Å². The molecule has 3 heterocycles. The number of rotatable bonds is 4. The third kappa shape index (κ3) is 3.39. The number of aromatic amines is 1. The Bertz CT molecular complexity index is 908. The fourth-order valence-corrected chi connectivity index (χ4v) is 2.93. The van der Waals surface area contributed by atoms with Crippen molar-refractivity contribution in [1.29, 1.82) is 0 Å². The number of hydrogen-bond acceptors (Lipinski definition) is 5. The van der Waals surface area contributed by atoms with E-state index in [0.29, 0.717) is 11.5 Å². The van der Waals surface area contributed by atoms with Crippen molar-refractivity contribution in [2.45, 2.75) is 6.92 Å². The van der Waals surface area contributed by atoms with E-state index in [1.807, 2.05) is 25.1 Å². The Kier molecular flexibility index (Phi) is 4.53. The predicted molar refractivity (Wildman–Crippen MR) is 97.2 cm³/mol. The summed E-state index contributed by atoms with van der Waals surface area (Å²) >= 11 is 0. The summed E-state index contributed by atoms with van der Waals surface area (Å²) < 4.78 is 23.8. The Labute approximate surface area is 150 Å². The first-order chi connectivity index (χ1) is 12.7. The summed E-state index contributed by atoms with van der Waals surface area (Å²) in [6.07, 6.45) is 3.87. The second-order valence-electron chi connectivity index (χ2n) is 6.12. The van der Waals surface area contributed by atoms with Gasteiger partial charge in [0.1, 0.15) is 17.3 Å². The topological polar surface area (TPSA) is 67.2 Å². The van der Waals surface area contributed by atoms with E-state index in [4.69, 9.17) is 9.26 Å². The minimum Gasteiger partial charge on any atom is -0.378 e. The largest absolute Gasteiger partial charge is 0.378 e. The summed E-state index contributed by atoms with van der Waals surface area (Å²) in [6.45, 7) is 4.98. The van der Waals surface area contributed by atoms with Crippen molar-refractivity contribution >= 4 is 18.0 Å². The van der Waals surface area contributed by atoms with E-state index in [1.54, 1.807) is 12.1 Å². The monoisotopic (exact) mass is 354 g/mol. The molecule has 1 fully saturated rings. The third-order valence-electron chi connectivity index (χ3n) is 4.37. The van der Waals surface area contributed by atoms with Gasteiger partial charge in [-0.1, -0.05) is 5.16 Å². The van der Waals surface area contributed by atoms with Crippen molar-refractivity contribution in [2.24, 2.45) is 0 Å². The molecule has 134 valence electrons. The lowest BCUT2D eigenvalue weighted by molar-refractivity contribution is 0.122. The van der Waals surface area contributed by atoms with Crippen LogP contribution in [0.1, 0.15) is 17.0 Å². The number of anilines is 1. The maximum Gasteiger partial charge on any atom is 0.151 e. The van der Waals surface area contributed by atoms with Gasteiger partial charge in [0, 0.05) is 30.3 Å². The average molecular weight is 354 g/mol. The van der Waals surface area contributed by atoms with Crippen LogP contribution in [0.5, 0.6) is 0 Å². The summed E-state index contributed by atoms with van der Waals surface area (Å²) in [6, 6.07) is 8.21. The summed E-state index contributed by atoms with van der Waals surface area (Å²) in [5.74, 6) is 1.33. The highest BCUT2D eigenvalue weighted by Gasteiger charge is 2.15. The number of H-pyrrole nitrogens is 1. The van der Waals surface area contributed by atoms with E-state index >= 15 is 0 Å². The molecule has 0 bridgehead atoms. The Balaban J connectivity index is 1.56. The van der Waals surface area contributed by atoms with Crippen molar-refractivity contribution in [3.8, 4) is 11.3 Å². The number of nitrogens with one attached hydrogen (secondary N) is 1. The van der Waals surface area contributed by atoms with Crippen molar-refractivity contribution in [3.05, 3.63) is 53.2 Å². The first-order valence-corrected chi connectivity index (χ1v) is 8.49. The Hall–Kier alpha value is -2.93. The first-order valence-electron chi connectivity index (χ1n) is 8.49. The van der Waals surface area contributed by atoms with Gasteiger partial charge in [-0.25, -0.2) is 4.39 Å². The van der Waals surface area contributed by atoms with Crippen LogP contribution >= 0.6 is 0 Å². The molecule has 7 heteroatoms. The fourth-order valence-electron chi connectivity index (χ4n) is 2.93. The van der Waals surface area contributed by atoms with Gasteiger partial charge >= 0.3 is 0 Å². The summed E-state index contributed by atoms with van der Waals surface area (Å²) in [7, 11) is 0. The molecule has 0 aliphatic carbocycles. The number of benzene rings is 1. The minimum atomic E-state index is -0.279. The molecular weight excluding hydrogens is 335 g/mol. The molecule has 1 saturated heterocycles. The lowest BCUT2D eigenvalue weighted by Gasteiger charge is -2.26. The van der Waals surface area contributed by atoms with E-state index in [1.165, 1.54) is 12.1 Å². The van der Waals surface area contributed by atoms with Crippen molar-refractivity contribution in [1.82, 2.24) is 15.4 Å². The number of morpholine rings is 1. The van der Waals surface area contributed by atoms with Gasteiger partial charge in [-0.3, -0.25) is 5.10 Å². The summed E-state index contributed by atoms with van der Waals surface area (Å²) in [5, 5.41) is 11.5. The molecule has 26 heavy (non-hydrogen) atoms. The van der Waals surface area contributed by atoms with E-state index in [-0.39, 0.29) is 5.82 Å². The van der Waals surface area contributed by atoms with Crippen molar-refractivity contribution in [3.63, 3.8) is 0 Å². The molecule has 1 aliphatic rings. The second-order valence-corrected chi connectivity index (χ2v) is 6.12. The van der Waals surface area contributed by atoms with Crippen molar-refractivity contribution < 1.29 is 13.7 Å². The maximum absolute atomic E-state index is 13.2. The second kappa shape index (κ2) is 7.13. The average Bonchev–Trinajstić information content (AvgIpc) is 3.28. The molecule has 0 spiro atoms. The number of ether oxygens (including phenoxy) is 1. The highest BCUT2D eigenvalue weighted by Crippen LogP contribution is 2.27. The zero-order chi connectivity index (χ0) is 17.9. The van der Waals surface area contributed by atoms with Crippen LogP contribution in [0.25, 0.3) is 23.4 Å². The quantitative estimate of drug-likeness (QED) is 0.776. The van der Waals surface area contributed by atoms with Crippen LogP contribution in [-0.2, 0) is 4.74 Å². The molecule has 0 radical (unpaired) electrons. The molecule has 0 atom stereocenters. The summed E-state index contributed by atoms with van der Waals surface area (Å²) in [5.41, 5.74) is 3.24. The van der Waals surface area contributed by atoms with E-state index < -0.39 is 0 Å². The van der Waals surface area contributed by atoms with Crippen LogP contribution < -0.4 is 4.90 Å². The van der Waals surface area contributed by atoms with Gasteiger partial charge in [0.25, 0.3) is 0 Å². The van der Waals surface area contributed by atoms with Crippen LogP contribution in [0.4, 0.5) is 10.2 Å². The molecule has 6 nitrogen and oxygen atoms in total. The molecular formula is C19H19FN4O2. The Morgan fingerprint density at radius 2 is 1.92 bits per heavy atom. The molecule has 0 unspecified atom stereocenters. The Morgan fingerprint density at radius 3 is 2.69 bits per heavy atom. The lowest BCUT2D eigenvalue weighted by Crippen LogP contribution is -2.36. The van der Waals surface area contributed by atoms with Crippen LogP contribution in [-0.4, -0.2) is 41.7 Å². The zero-order valence-corrected chi connectivity index (χ0v) is 14.4. The molecule has 3 aromatic rings. The molecule has 1 aliphatic heterocycles. The molecule has 0 saturated carbocycles. The van der Waals surface area contributed by atoms with Gasteiger partial charge in [-0.05, 0) is 43.3 Å². The number of nitrogens with zero attached hydrogens (tertiary/aromatic N) is 3. The third-order valence-corrected chi connectivity index (χ3v) is 4.37. The standard InChI is InChI=1S/C19H19FN4O2/c1-13-17(19(23-26-13)14-2-4-15(20)5-3-14)7-6-16-12-18(22-21-16)24-8-10-25-11-9-24/h2-7,12H,8-11H2,1H3,(H,21,22)/b7-6+. The first kappa shape index (κ1) is 16.5. The molecule has 1 N–H and O–H groups in total. The van der Waals surface area contributed by atoms with Crippen LogP contribution in [0.2, 0.25) is 0 Å². The highest BCUT2D eigenvalue weighted by atomic mass is 19.1. The number of aromatic nitrogens is 3. The smallest absolute Gasteiger partial charge is 0.151 e.